The Morgan fingerprint density at radius 2 is 1.64 bits per heavy atom. The van der Waals surface area contributed by atoms with Crippen LogP contribution in [0.15, 0.2) is 72.3 Å². The van der Waals surface area contributed by atoms with Crippen LogP contribution < -0.4 is 14.4 Å². The maximum atomic E-state index is 13.4. The third-order valence-electron chi connectivity index (χ3n) is 6.29. The maximum Gasteiger partial charge on any atom is 0.300 e. The molecule has 1 amide bonds. The van der Waals surface area contributed by atoms with Gasteiger partial charge in [-0.2, -0.15) is 0 Å². The van der Waals surface area contributed by atoms with Gasteiger partial charge in [0.05, 0.1) is 30.9 Å². The van der Waals surface area contributed by atoms with Crippen LogP contribution in [-0.4, -0.2) is 31.0 Å². The molecule has 1 N–H and O–H groups in total. The standard InChI is InChI=1S/C29H28ClNO5/c1-29(2,3)19-10-12-20(13-11-19)31-25(17-7-6-8-21(15-17)35-4)24(27(33)28(31)34)26(32)18-9-14-22(30)23(16-18)36-5/h6-16,25,32H,1-5H3/b26-24-. The maximum absolute atomic E-state index is 13.4. The molecule has 1 aliphatic rings. The van der Waals surface area contributed by atoms with Crippen molar-refractivity contribution in [3.05, 3.63) is 94.0 Å². The number of aliphatic hydroxyl groups is 1. The molecule has 7 heteroatoms. The van der Waals surface area contributed by atoms with E-state index in [2.05, 4.69) is 20.8 Å². The second-order valence-electron chi connectivity index (χ2n) is 9.59. The lowest BCUT2D eigenvalue weighted by Crippen LogP contribution is -2.29. The average Bonchev–Trinajstić information content (AvgIpc) is 3.13. The number of ether oxygens (including phenoxy) is 2. The van der Waals surface area contributed by atoms with Crippen molar-refractivity contribution < 1.29 is 24.2 Å². The third-order valence-corrected chi connectivity index (χ3v) is 6.60. The van der Waals surface area contributed by atoms with Crippen molar-refractivity contribution in [2.75, 3.05) is 19.1 Å². The quantitative estimate of drug-likeness (QED) is 0.251. The highest BCUT2D eigenvalue weighted by Crippen LogP contribution is 2.43. The highest BCUT2D eigenvalue weighted by molar-refractivity contribution is 6.51. The molecule has 1 heterocycles. The molecule has 0 aliphatic carbocycles. The van der Waals surface area contributed by atoms with Crippen LogP contribution in [0.5, 0.6) is 11.5 Å². The third kappa shape index (κ3) is 4.56. The first-order valence-corrected chi connectivity index (χ1v) is 11.8. The number of Topliss-reactive ketones (excluding diaryl/α,β-unsaturated/α-hetero) is 1. The normalized spacial score (nSPS) is 17.4. The summed E-state index contributed by atoms with van der Waals surface area (Å²) in [6, 6.07) is 18.4. The Morgan fingerprint density at radius 3 is 2.25 bits per heavy atom. The molecule has 4 rings (SSSR count). The average molecular weight is 506 g/mol. The predicted molar refractivity (Wildman–Crippen MR) is 141 cm³/mol. The van der Waals surface area contributed by atoms with Gasteiger partial charge in [0, 0.05) is 11.3 Å². The summed E-state index contributed by atoms with van der Waals surface area (Å²) in [5.41, 5.74) is 2.46. The molecule has 6 nitrogen and oxygen atoms in total. The topological polar surface area (TPSA) is 76.1 Å². The second-order valence-corrected chi connectivity index (χ2v) is 10.00. The zero-order valence-corrected chi connectivity index (χ0v) is 21.6. The molecule has 0 spiro atoms. The van der Waals surface area contributed by atoms with E-state index in [0.29, 0.717) is 33.3 Å². The van der Waals surface area contributed by atoms with Crippen LogP contribution >= 0.6 is 11.6 Å². The van der Waals surface area contributed by atoms with Crippen molar-refractivity contribution >= 4 is 34.7 Å². The lowest BCUT2D eigenvalue weighted by Gasteiger charge is -2.27. The molecule has 36 heavy (non-hydrogen) atoms. The van der Waals surface area contributed by atoms with Crippen molar-refractivity contribution in [3.8, 4) is 11.5 Å². The molecule has 186 valence electrons. The summed E-state index contributed by atoms with van der Waals surface area (Å²) in [5.74, 6) is -0.923. The summed E-state index contributed by atoms with van der Waals surface area (Å²) < 4.78 is 10.7. The highest BCUT2D eigenvalue weighted by Gasteiger charge is 2.47. The molecule has 0 aromatic heterocycles. The predicted octanol–water partition coefficient (Wildman–Crippen LogP) is 6.28. The molecule has 0 radical (unpaired) electrons. The molecule has 0 saturated carbocycles. The minimum absolute atomic E-state index is 0.0301. The molecule has 1 atom stereocenters. The van der Waals surface area contributed by atoms with E-state index in [1.54, 1.807) is 43.5 Å². The Labute approximate surface area is 215 Å². The molecule has 3 aromatic carbocycles. The number of methoxy groups -OCH3 is 2. The van der Waals surface area contributed by atoms with Gasteiger partial charge in [-0.15, -0.1) is 0 Å². The van der Waals surface area contributed by atoms with Crippen LogP contribution in [0.1, 0.15) is 43.5 Å². The number of ketones is 1. The first-order chi connectivity index (χ1) is 17.1. The number of amides is 1. The largest absolute Gasteiger partial charge is 0.507 e. The molecule has 0 bridgehead atoms. The SMILES string of the molecule is COc1cccc(C2/C(=C(/O)c3ccc(Cl)c(OC)c3)C(=O)C(=O)N2c2ccc(C(C)(C)C)cc2)c1. The van der Waals surface area contributed by atoms with Gasteiger partial charge in [0.2, 0.25) is 0 Å². The van der Waals surface area contributed by atoms with Gasteiger partial charge < -0.3 is 14.6 Å². The van der Waals surface area contributed by atoms with Crippen molar-refractivity contribution in [2.45, 2.75) is 32.2 Å². The van der Waals surface area contributed by atoms with Crippen LogP contribution in [0, 0.1) is 0 Å². The Morgan fingerprint density at radius 1 is 0.944 bits per heavy atom. The Hall–Kier alpha value is -3.77. The molecule has 3 aromatic rings. The minimum atomic E-state index is -0.873. The minimum Gasteiger partial charge on any atom is -0.507 e. The van der Waals surface area contributed by atoms with Crippen LogP contribution in [-0.2, 0) is 15.0 Å². The van der Waals surface area contributed by atoms with Gasteiger partial charge in [0.1, 0.15) is 17.3 Å². The fourth-order valence-corrected chi connectivity index (χ4v) is 4.51. The highest BCUT2D eigenvalue weighted by atomic mass is 35.5. The van der Waals surface area contributed by atoms with Crippen molar-refractivity contribution in [1.29, 1.82) is 0 Å². The number of hydrogen-bond donors (Lipinski definition) is 1. The van der Waals surface area contributed by atoms with E-state index in [4.69, 9.17) is 21.1 Å². The number of carbonyl (C=O) groups excluding carboxylic acids is 2. The van der Waals surface area contributed by atoms with Gasteiger partial charge in [-0.25, -0.2) is 0 Å². The zero-order chi connectivity index (χ0) is 26.2. The van der Waals surface area contributed by atoms with E-state index in [1.165, 1.54) is 18.1 Å². The summed E-state index contributed by atoms with van der Waals surface area (Å²) in [4.78, 5) is 28.2. The molecule has 1 aliphatic heterocycles. The van der Waals surface area contributed by atoms with Gasteiger partial charge in [0.15, 0.2) is 0 Å². The molecule has 1 saturated heterocycles. The smallest absolute Gasteiger partial charge is 0.300 e. The number of carbonyl (C=O) groups is 2. The van der Waals surface area contributed by atoms with Crippen molar-refractivity contribution in [3.63, 3.8) is 0 Å². The molecular weight excluding hydrogens is 478 g/mol. The number of rotatable bonds is 5. The van der Waals surface area contributed by atoms with E-state index in [0.717, 1.165) is 5.56 Å². The fraction of sp³-hybridized carbons (Fsp3) is 0.241. The zero-order valence-electron chi connectivity index (χ0n) is 20.8. The van der Waals surface area contributed by atoms with Crippen molar-refractivity contribution in [1.82, 2.24) is 0 Å². The van der Waals surface area contributed by atoms with Crippen molar-refractivity contribution in [2.24, 2.45) is 0 Å². The van der Waals surface area contributed by atoms with E-state index >= 15 is 0 Å². The summed E-state index contributed by atoms with van der Waals surface area (Å²) >= 11 is 6.15. The van der Waals surface area contributed by atoms with E-state index in [-0.39, 0.29) is 16.7 Å². The molecule has 1 unspecified atom stereocenters. The Kier molecular flexibility index (Phi) is 6.83. The second kappa shape index (κ2) is 9.70. The van der Waals surface area contributed by atoms with E-state index < -0.39 is 17.7 Å². The Bertz CT molecular complexity index is 1350. The summed E-state index contributed by atoms with van der Waals surface area (Å²) in [5, 5.41) is 11.7. The summed E-state index contributed by atoms with van der Waals surface area (Å²) in [6.07, 6.45) is 0. The van der Waals surface area contributed by atoms with Crippen LogP contribution in [0.3, 0.4) is 0 Å². The lowest BCUT2D eigenvalue weighted by molar-refractivity contribution is -0.132. The Balaban J connectivity index is 1.93. The van der Waals surface area contributed by atoms with Gasteiger partial charge in [-0.05, 0) is 59.0 Å². The van der Waals surface area contributed by atoms with Crippen LogP contribution in [0.4, 0.5) is 5.69 Å². The number of aliphatic hydroxyl groups excluding tert-OH is 1. The number of hydrogen-bond acceptors (Lipinski definition) is 5. The summed E-state index contributed by atoms with van der Waals surface area (Å²) in [6.45, 7) is 6.31. The first-order valence-electron chi connectivity index (χ1n) is 11.5. The van der Waals surface area contributed by atoms with E-state index in [1.807, 2.05) is 24.3 Å². The number of benzene rings is 3. The van der Waals surface area contributed by atoms with Crippen LogP contribution in [0.2, 0.25) is 5.02 Å². The fourth-order valence-electron chi connectivity index (χ4n) is 4.31. The number of halogens is 1. The van der Waals surface area contributed by atoms with E-state index in [9.17, 15) is 14.7 Å². The van der Waals surface area contributed by atoms with Gasteiger partial charge in [-0.3, -0.25) is 14.5 Å². The van der Waals surface area contributed by atoms with Gasteiger partial charge in [0.25, 0.3) is 11.7 Å². The molecule has 1 fully saturated rings. The first kappa shape index (κ1) is 25.3. The number of anilines is 1. The number of nitrogens with zero attached hydrogens (tertiary/aromatic N) is 1. The summed E-state index contributed by atoms with van der Waals surface area (Å²) in [7, 11) is 3.00. The lowest BCUT2D eigenvalue weighted by atomic mass is 9.87. The molecular formula is C29H28ClNO5. The van der Waals surface area contributed by atoms with Crippen LogP contribution in [0.25, 0.3) is 5.76 Å². The monoisotopic (exact) mass is 505 g/mol. The van der Waals surface area contributed by atoms with Gasteiger partial charge >= 0.3 is 0 Å². The van der Waals surface area contributed by atoms with Gasteiger partial charge in [-0.1, -0.05) is 56.6 Å².